The lowest BCUT2D eigenvalue weighted by atomic mass is 10.0. The van der Waals surface area contributed by atoms with Crippen LogP contribution in [0, 0.1) is 11.6 Å². The standard InChI is InChI=1S/C20H17F2N3O3.C6H6S.2H2O.2H2/c21-14-7-12(8-15(22)10-14)11-24-18(26)20(28)4-6-25(19(20)27)16-1-2-17-13(9-16)3-5-23-17;7-6-4-2-1-3-5-6;;;;/h1-3,5,7-10,23,28H,4,6,11H2,(H,24,26);1-5,7H;2*1H2;2*1H/t20-;;;;;/m0...../s1. The first-order chi connectivity index (χ1) is 16.8. The van der Waals surface area contributed by atoms with Gasteiger partial charge in [-0.15, -0.1) is 12.6 Å². The topological polar surface area (TPSA) is 148 Å². The van der Waals surface area contributed by atoms with Gasteiger partial charge in [-0.05, 0) is 54.1 Å². The van der Waals surface area contributed by atoms with Crippen LogP contribution in [0.1, 0.15) is 14.8 Å². The predicted octanol–water partition coefficient (Wildman–Crippen LogP) is 3.05. The second-order valence-electron chi connectivity index (χ2n) is 8.11. The van der Waals surface area contributed by atoms with Crippen molar-refractivity contribution in [3.63, 3.8) is 0 Å². The highest BCUT2D eigenvalue weighted by Gasteiger charge is 2.51. The van der Waals surface area contributed by atoms with E-state index < -0.39 is 29.0 Å². The number of carbonyl (C=O) groups excluding carboxylic acids is 2. The number of aromatic nitrogens is 1. The molecule has 1 aromatic heterocycles. The molecule has 1 aliphatic rings. The molecule has 1 saturated heterocycles. The second kappa shape index (κ2) is 12.5. The van der Waals surface area contributed by atoms with Crippen molar-refractivity contribution in [1.82, 2.24) is 10.3 Å². The van der Waals surface area contributed by atoms with Gasteiger partial charge in [0.25, 0.3) is 11.8 Å². The molecule has 1 fully saturated rings. The number of thiol groups is 1. The van der Waals surface area contributed by atoms with E-state index in [1.165, 1.54) is 4.90 Å². The zero-order chi connectivity index (χ0) is 25.0. The number of amides is 2. The fourth-order valence-electron chi connectivity index (χ4n) is 3.84. The van der Waals surface area contributed by atoms with Gasteiger partial charge in [0.15, 0.2) is 0 Å². The van der Waals surface area contributed by atoms with Crippen LogP contribution in [-0.2, 0) is 16.1 Å². The van der Waals surface area contributed by atoms with Crippen molar-refractivity contribution in [1.29, 1.82) is 0 Å². The maximum absolute atomic E-state index is 13.3. The Bertz CT molecular complexity index is 1360. The van der Waals surface area contributed by atoms with E-state index in [-0.39, 0.29) is 38.9 Å². The highest BCUT2D eigenvalue weighted by molar-refractivity contribution is 7.80. The molecular weight excluding hydrogens is 504 g/mol. The first-order valence-corrected chi connectivity index (χ1v) is 11.3. The van der Waals surface area contributed by atoms with Crippen LogP contribution in [-0.4, -0.2) is 45.0 Å². The number of nitrogens with zero attached hydrogens (tertiary/aromatic N) is 1. The minimum atomic E-state index is -2.22. The van der Waals surface area contributed by atoms with Crippen molar-refractivity contribution in [2.45, 2.75) is 23.5 Å². The molecule has 5 rings (SSSR count). The minimum absolute atomic E-state index is 0. The summed E-state index contributed by atoms with van der Waals surface area (Å²) in [5, 5.41) is 14.0. The SMILES string of the molecule is O.O.O=C(NCc1cc(F)cc(F)c1)[C@@]1(O)CCN(c2ccc3[nH]ccc3c2)C1=O.Sc1ccccc1.[HH].[HH]. The van der Waals surface area contributed by atoms with E-state index in [0.717, 1.165) is 34.0 Å². The number of rotatable bonds is 4. The van der Waals surface area contributed by atoms with E-state index in [1.807, 2.05) is 42.5 Å². The van der Waals surface area contributed by atoms with Crippen LogP contribution in [0.15, 0.2) is 83.9 Å². The summed E-state index contributed by atoms with van der Waals surface area (Å²) in [6, 6.07) is 19.9. The van der Waals surface area contributed by atoms with Crippen LogP contribution in [0.3, 0.4) is 0 Å². The molecule has 7 N–H and O–H groups in total. The quantitative estimate of drug-likeness (QED) is 0.235. The van der Waals surface area contributed by atoms with Crippen molar-refractivity contribution < 1.29 is 37.3 Å². The van der Waals surface area contributed by atoms with E-state index in [9.17, 15) is 23.5 Å². The monoisotopic (exact) mass is 535 g/mol. The van der Waals surface area contributed by atoms with Crippen LogP contribution in [0.4, 0.5) is 14.5 Å². The zero-order valence-corrected chi connectivity index (χ0v) is 20.4. The van der Waals surface area contributed by atoms with Crippen molar-refractivity contribution >= 4 is 41.0 Å². The number of halogens is 2. The van der Waals surface area contributed by atoms with E-state index in [4.69, 9.17) is 0 Å². The van der Waals surface area contributed by atoms with Crippen molar-refractivity contribution in [2.75, 3.05) is 11.4 Å². The molecule has 0 bridgehead atoms. The Morgan fingerprint density at radius 2 is 1.73 bits per heavy atom. The average Bonchev–Trinajstić information content (AvgIpc) is 3.42. The number of nitrogens with one attached hydrogen (secondary N) is 2. The molecule has 1 atom stereocenters. The van der Waals surface area contributed by atoms with Gasteiger partial charge < -0.3 is 31.3 Å². The number of aliphatic hydroxyl groups is 1. The Hall–Kier alpha value is -3.77. The number of anilines is 1. The molecule has 0 radical (unpaired) electrons. The van der Waals surface area contributed by atoms with Gasteiger partial charge in [0.05, 0.1) is 0 Å². The van der Waals surface area contributed by atoms with Crippen LogP contribution in [0.5, 0.6) is 0 Å². The van der Waals surface area contributed by atoms with E-state index >= 15 is 0 Å². The highest BCUT2D eigenvalue weighted by Crippen LogP contribution is 2.30. The Balaban J connectivity index is 0.00000115. The lowest BCUT2D eigenvalue weighted by Crippen LogP contribution is -2.52. The Labute approximate surface area is 219 Å². The lowest BCUT2D eigenvalue weighted by Gasteiger charge is -2.22. The van der Waals surface area contributed by atoms with Crippen molar-refractivity contribution in [2.24, 2.45) is 0 Å². The van der Waals surface area contributed by atoms with Crippen molar-refractivity contribution in [3.8, 4) is 0 Å². The zero-order valence-electron chi connectivity index (χ0n) is 19.5. The van der Waals surface area contributed by atoms with Gasteiger partial charge in [0.1, 0.15) is 11.6 Å². The number of aromatic amines is 1. The van der Waals surface area contributed by atoms with Gasteiger partial charge in [-0.25, -0.2) is 8.78 Å². The molecule has 2 amide bonds. The summed E-state index contributed by atoms with van der Waals surface area (Å²) in [6.45, 7) is -0.0360. The summed E-state index contributed by atoms with van der Waals surface area (Å²) < 4.78 is 26.5. The van der Waals surface area contributed by atoms with E-state index in [1.54, 1.807) is 18.3 Å². The predicted molar refractivity (Wildman–Crippen MR) is 144 cm³/mol. The average molecular weight is 536 g/mol. The molecule has 4 aromatic rings. The molecule has 37 heavy (non-hydrogen) atoms. The number of fused-ring (bicyclic) bond motifs is 1. The van der Waals surface area contributed by atoms with Gasteiger partial charge in [0, 0.05) is 56.1 Å². The third-order valence-electron chi connectivity index (χ3n) is 5.65. The fraction of sp³-hybridized carbons (Fsp3) is 0.154. The number of benzene rings is 3. The molecule has 200 valence electrons. The second-order valence-corrected chi connectivity index (χ2v) is 8.63. The summed E-state index contributed by atoms with van der Waals surface area (Å²) in [7, 11) is 0. The molecule has 0 saturated carbocycles. The Kier molecular flexibility index (Phi) is 9.92. The molecular formula is C26H31F2N3O5S. The number of H-pyrrole nitrogens is 1. The summed E-state index contributed by atoms with van der Waals surface area (Å²) in [5.74, 6) is -3.17. The maximum atomic E-state index is 13.3. The molecule has 2 heterocycles. The number of hydrogen-bond acceptors (Lipinski definition) is 4. The molecule has 1 aliphatic heterocycles. The number of hydrogen-bond donors (Lipinski definition) is 4. The van der Waals surface area contributed by atoms with Gasteiger partial charge in [0.2, 0.25) is 5.60 Å². The molecule has 0 unspecified atom stereocenters. The van der Waals surface area contributed by atoms with Gasteiger partial charge >= 0.3 is 0 Å². The highest BCUT2D eigenvalue weighted by atomic mass is 32.1. The smallest absolute Gasteiger partial charge is 0.268 e. The molecule has 3 aromatic carbocycles. The molecule has 8 nitrogen and oxygen atoms in total. The largest absolute Gasteiger partial charge is 0.412 e. The minimum Gasteiger partial charge on any atom is -0.412 e. The maximum Gasteiger partial charge on any atom is 0.268 e. The van der Waals surface area contributed by atoms with Gasteiger partial charge in [-0.3, -0.25) is 9.59 Å². The van der Waals surface area contributed by atoms with Crippen LogP contribution in [0.2, 0.25) is 0 Å². The van der Waals surface area contributed by atoms with Crippen LogP contribution >= 0.6 is 12.6 Å². The summed E-state index contributed by atoms with van der Waals surface area (Å²) in [5.41, 5.74) is -0.549. The summed E-state index contributed by atoms with van der Waals surface area (Å²) >= 11 is 4.08. The first kappa shape index (κ1) is 29.5. The molecule has 0 spiro atoms. The van der Waals surface area contributed by atoms with Gasteiger partial charge in [-0.2, -0.15) is 0 Å². The van der Waals surface area contributed by atoms with Crippen molar-refractivity contribution in [3.05, 3.63) is 96.2 Å². The number of carbonyl (C=O) groups is 2. The lowest BCUT2D eigenvalue weighted by molar-refractivity contribution is -0.149. The normalized spacial score (nSPS) is 16.3. The van der Waals surface area contributed by atoms with Crippen LogP contribution < -0.4 is 10.2 Å². The molecule has 0 aliphatic carbocycles. The van der Waals surface area contributed by atoms with E-state index in [2.05, 4.69) is 22.9 Å². The Morgan fingerprint density at radius 3 is 2.35 bits per heavy atom. The first-order valence-electron chi connectivity index (χ1n) is 10.8. The fourth-order valence-corrected chi connectivity index (χ4v) is 4.01. The summed E-state index contributed by atoms with van der Waals surface area (Å²) in [4.78, 5) is 30.6. The Morgan fingerprint density at radius 1 is 1.05 bits per heavy atom. The van der Waals surface area contributed by atoms with E-state index in [0.29, 0.717) is 5.69 Å². The summed E-state index contributed by atoms with van der Waals surface area (Å²) in [6.07, 6.45) is 1.69. The molecule has 11 heteroatoms. The third-order valence-corrected chi connectivity index (χ3v) is 5.95. The van der Waals surface area contributed by atoms with Crippen LogP contribution in [0.25, 0.3) is 10.9 Å². The van der Waals surface area contributed by atoms with Gasteiger partial charge in [-0.1, -0.05) is 18.2 Å². The third kappa shape index (κ3) is 6.71.